The third-order valence-corrected chi connectivity index (χ3v) is 2.93. The van der Waals surface area contributed by atoms with E-state index in [1.807, 2.05) is 19.1 Å². The zero-order valence-electron chi connectivity index (χ0n) is 13.0. The SMILES string of the molecule is C=CCOC(=O)c1ccc(OCc2cccnc2)c(OCC)c1. The molecule has 0 unspecified atom stereocenters. The lowest BCUT2D eigenvalue weighted by atomic mass is 10.2. The molecule has 0 bridgehead atoms. The van der Waals surface area contributed by atoms with E-state index in [0.717, 1.165) is 5.56 Å². The summed E-state index contributed by atoms with van der Waals surface area (Å²) in [5.74, 6) is 0.644. The highest BCUT2D eigenvalue weighted by atomic mass is 16.5. The summed E-state index contributed by atoms with van der Waals surface area (Å²) in [6, 6.07) is 8.74. The van der Waals surface area contributed by atoms with Crippen LogP contribution in [0.15, 0.2) is 55.4 Å². The largest absolute Gasteiger partial charge is 0.490 e. The smallest absolute Gasteiger partial charge is 0.338 e. The number of nitrogens with zero attached hydrogens (tertiary/aromatic N) is 1. The number of rotatable bonds is 8. The van der Waals surface area contributed by atoms with E-state index in [1.165, 1.54) is 6.08 Å². The molecule has 1 aromatic heterocycles. The van der Waals surface area contributed by atoms with Gasteiger partial charge in [-0.15, -0.1) is 0 Å². The first kappa shape index (κ1) is 16.5. The van der Waals surface area contributed by atoms with Crippen LogP contribution in [0.2, 0.25) is 0 Å². The van der Waals surface area contributed by atoms with E-state index in [-0.39, 0.29) is 6.61 Å². The zero-order valence-corrected chi connectivity index (χ0v) is 13.0. The average Bonchev–Trinajstić information content (AvgIpc) is 2.59. The lowest BCUT2D eigenvalue weighted by Crippen LogP contribution is -2.06. The number of carbonyl (C=O) groups excluding carboxylic acids is 1. The molecule has 0 atom stereocenters. The molecule has 0 aliphatic carbocycles. The van der Waals surface area contributed by atoms with Crippen molar-refractivity contribution in [3.8, 4) is 11.5 Å². The summed E-state index contributed by atoms with van der Waals surface area (Å²) in [7, 11) is 0. The molecule has 0 N–H and O–H groups in total. The minimum atomic E-state index is -0.426. The molecule has 1 aromatic carbocycles. The van der Waals surface area contributed by atoms with Crippen molar-refractivity contribution in [2.75, 3.05) is 13.2 Å². The van der Waals surface area contributed by atoms with Crippen molar-refractivity contribution in [1.82, 2.24) is 4.98 Å². The minimum Gasteiger partial charge on any atom is -0.490 e. The van der Waals surface area contributed by atoms with Gasteiger partial charge in [-0.05, 0) is 31.2 Å². The fourth-order valence-corrected chi connectivity index (χ4v) is 1.89. The predicted octanol–water partition coefficient (Wildman–Crippen LogP) is 3.40. The lowest BCUT2D eigenvalue weighted by Gasteiger charge is -2.13. The molecule has 2 aromatic rings. The number of ether oxygens (including phenoxy) is 3. The highest BCUT2D eigenvalue weighted by Gasteiger charge is 2.12. The Morgan fingerprint density at radius 3 is 2.83 bits per heavy atom. The number of pyridine rings is 1. The molecular weight excluding hydrogens is 294 g/mol. The predicted molar refractivity (Wildman–Crippen MR) is 86.7 cm³/mol. The summed E-state index contributed by atoms with van der Waals surface area (Å²) < 4.78 is 16.3. The molecule has 0 aliphatic rings. The van der Waals surface area contributed by atoms with E-state index in [2.05, 4.69) is 11.6 Å². The van der Waals surface area contributed by atoms with E-state index in [9.17, 15) is 4.79 Å². The van der Waals surface area contributed by atoms with Gasteiger partial charge in [0.2, 0.25) is 0 Å². The fourth-order valence-electron chi connectivity index (χ4n) is 1.89. The van der Waals surface area contributed by atoms with Crippen molar-refractivity contribution in [1.29, 1.82) is 0 Å². The Morgan fingerprint density at radius 1 is 1.26 bits per heavy atom. The highest BCUT2D eigenvalue weighted by Crippen LogP contribution is 2.29. The van der Waals surface area contributed by atoms with E-state index in [1.54, 1.807) is 30.6 Å². The first-order valence-electron chi connectivity index (χ1n) is 7.31. The molecule has 0 radical (unpaired) electrons. The van der Waals surface area contributed by atoms with Crippen LogP contribution in [0.4, 0.5) is 0 Å². The second kappa shape index (κ2) is 8.58. The topological polar surface area (TPSA) is 57.7 Å². The molecule has 0 fully saturated rings. The Balaban J connectivity index is 2.12. The average molecular weight is 313 g/mol. The van der Waals surface area contributed by atoms with Crippen molar-refractivity contribution >= 4 is 5.97 Å². The van der Waals surface area contributed by atoms with Gasteiger partial charge in [-0.25, -0.2) is 4.79 Å². The van der Waals surface area contributed by atoms with Crippen LogP contribution in [0.3, 0.4) is 0 Å². The zero-order chi connectivity index (χ0) is 16.5. The van der Waals surface area contributed by atoms with Crippen LogP contribution < -0.4 is 9.47 Å². The van der Waals surface area contributed by atoms with Gasteiger partial charge in [0, 0.05) is 18.0 Å². The van der Waals surface area contributed by atoms with Crippen LogP contribution in [0, 0.1) is 0 Å². The van der Waals surface area contributed by atoms with Gasteiger partial charge >= 0.3 is 5.97 Å². The summed E-state index contributed by atoms with van der Waals surface area (Å²) in [4.78, 5) is 15.9. The van der Waals surface area contributed by atoms with Crippen LogP contribution in [0.25, 0.3) is 0 Å². The van der Waals surface area contributed by atoms with Gasteiger partial charge in [-0.2, -0.15) is 0 Å². The van der Waals surface area contributed by atoms with Gasteiger partial charge in [-0.3, -0.25) is 4.98 Å². The second-order valence-corrected chi connectivity index (χ2v) is 4.63. The maximum absolute atomic E-state index is 11.9. The van der Waals surface area contributed by atoms with Crippen LogP contribution in [-0.2, 0) is 11.3 Å². The third-order valence-electron chi connectivity index (χ3n) is 2.93. The van der Waals surface area contributed by atoms with Gasteiger partial charge < -0.3 is 14.2 Å². The molecule has 0 amide bonds. The normalized spacial score (nSPS) is 9.96. The Morgan fingerprint density at radius 2 is 2.13 bits per heavy atom. The summed E-state index contributed by atoms with van der Waals surface area (Å²) in [6.45, 7) is 6.39. The first-order valence-corrected chi connectivity index (χ1v) is 7.31. The summed E-state index contributed by atoms with van der Waals surface area (Å²) in [5, 5.41) is 0. The number of aromatic nitrogens is 1. The van der Waals surface area contributed by atoms with Gasteiger partial charge in [-0.1, -0.05) is 18.7 Å². The number of hydrogen-bond donors (Lipinski definition) is 0. The summed E-state index contributed by atoms with van der Waals surface area (Å²) >= 11 is 0. The van der Waals surface area contributed by atoms with Crippen molar-refractivity contribution < 1.29 is 19.0 Å². The molecule has 0 saturated heterocycles. The number of hydrogen-bond acceptors (Lipinski definition) is 5. The first-order chi connectivity index (χ1) is 11.2. The number of benzene rings is 1. The molecule has 0 saturated carbocycles. The monoisotopic (exact) mass is 313 g/mol. The van der Waals surface area contributed by atoms with Crippen LogP contribution in [-0.4, -0.2) is 24.2 Å². The Labute approximate surface area is 135 Å². The molecule has 5 nitrogen and oxygen atoms in total. The number of esters is 1. The summed E-state index contributed by atoms with van der Waals surface area (Å²) in [5.41, 5.74) is 1.36. The van der Waals surface area contributed by atoms with Gasteiger partial charge in [0.05, 0.1) is 12.2 Å². The maximum atomic E-state index is 11.9. The molecule has 23 heavy (non-hydrogen) atoms. The van der Waals surface area contributed by atoms with E-state index >= 15 is 0 Å². The van der Waals surface area contributed by atoms with Gasteiger partial charge in [0.1, 0.15) is 13.2 Å². The molecule has 0 aliphatic heterocycles. The molecule has 2 rings (SSSR count). The molecule has 120 valence electrons. The van der Waals surface area contributed by atoms with Crippen LogP contribution in [0.5, 0.6) is 11.5 Å². The van der Waals surface area contributed by atoms with E-state index in [4.69, 9.17) is 14.2 Å². The molecule has 5 heteroatoms. The van der Waals surface area contributed by atoms with Gasteiger partial charge in [0.25, 0.3) is 0 Å². The molecule has 0 spiro atoms. The van der Waals surface area contributed by atoms with Crippen molar-refractivity contribution in [3.63, 3.8) is 0 Å². The fraction of sp³-hybridized carbons (Fsp3) is 0.222. The minimum absolute atomic E-state index is 0.169. The van der Waals surface area contributed by atoms with E-state index in [0.29, 0.717) is 30.3 Å². The Bertz CT molecular complexity index is 655. The lowest BCUT2D eigenvalue weighted by molar-refractivity contribution is 0.0549. The molecular formula is C18H19NO4. The number of carbonyl (C=O) groups is 1. The van der Waals surface area contributed by atoms with Crippen molar-refractivity contribution in [2.24, 2.45) is 0 Å². The van der Waals surface area contributed by atoms with Crippen molar-refractivity contribution in [3.05, 3.63) is 66.5 Å². The maximum Gasteiger partial charge on any atom is 0.338 e. The van der Waals surface area contributed by atoms with Crippen LogP contribution >= 0.6 is 0 Å². The highest BCUT2D eigenvalue weighted by molar-refractivity contribution is 5.90. The Kier molecular flexibility index (Phi) is 6.17. The Hall–Kier alpha value is -2.82. The van der Waals surface area contributed by atoms with Crippen molar-refractivity contribution in [2.45, 2.75) is 13.5 Å². The third kappa shape index (κ3) is 4.85. The quantitative estimate of drug-likeness (QED) is 0.552. The standard InChI is InChI=1S/C18H19NO4/c1-3-10-22-18(20)15-7-8-16(17(11-15)21-4-2)23-13-14-6-5-9-19-12-14/h3,5-9,11-12H,1,4,10,13H2,2H3. The van der Waals surface area contributed by atoms with Gasteiger partial charge in [0.15, 0.2) is 11.5 Å². The summed E-state index contributed by atoms with van der Waals surface area (Å²) in [6.07, 6.45) is 4.97. The second-order valence-electron chi connectivity index (χ2n) is 4.63. The molecule has 1 heterocycles. The van der Waals surface area contributed by atoms with Crippen LogP contribution in [0.1, 0.15) is 22.8 Å². The van der Waals surface area contributed by atoms with E-state index < -0.39 is 5.97 Å².